The Labute approximate surface area is 115 Å². The third kappa shape index (κ3) is 2.31. The largest absolute Gasteiger partial charge is 0.507 e. The Morgan fingerprint density at radius 2 is 1.80 bits per heavy atom. The molecular formula is C16H12N2O2. The lowest BCUT2D eigenvalue weighted by Crippen LogP contribution is -2.11. The van der Waals surface area contributed by atoms with E-state index in [0.717, 1.165) is 5.56 Å². The Bertz CT molecular complexity index is 836. The van der Waals surface area contributed by atoms with Crippen LogP contribution in [0.25, 0.3) is 23.1 Å². The highest BCUT2D eigenvalue weighted by Gasteiger charge is 2.06. The molecule has 1 aromatic heterocycles. The zero-order valence-electron chi connectivity index (χ0n) is 10.6. The minimum Gasteiger partial charge on any atom is -0.507 e. The van der Waals surface area contributed by atoms with Gasteiger partial charge >= 0.3 is 5.69 Å². The molecule has 0 saturated carbocycles. The van der Waals surface area contributed by atoms with Crippen LogP contribution in [0, 0.1) is 0 Å². The maximum Gasteiger partial charge on any atom is 0.345 e. The van der Waals surface area contributed by atoms with Crippen molar-refractivity contribution >= 4 is 23.1 Å². The number of rotatable bonds is 2. The van der Waals surface area contributed by atoms with Crippen molar-refractivity contribution in [3.05, 3.63) is 70.3 Å². The van der Waals surface area contributed by atoms with Crippen molar-refractivity contribution in [2.45, 2.75) is 0 Å². The molecule has 0 radical (unpaired) electrons. The maximum atomic E-state index is 11.5. The van der Waals surface area contributed by atoms with Crippen molar-refractivity contribution in [3.8, 4) is 5.75 Å². The summed E-state index contributed by atoms with van der Waals surface area (Å²) in [5.74, 6) is 0.0963. The van der Waals surface area contributed by atoms with E-state index >= 15 is 0 Å². The van der Waals surface area contributed by atoms with Gasteiger partial charge in [-0.2, -0.15) is 4.98 Å². The van der Waals surface area contributed by atoms with E-state index in [1.54, 1.807) is 24.3 Å². The maximum absolute atomic E-state index is 11.5. The van der Waals surface area contributed by atoms with Gasteiger partial charge in [0.1, 0.15) is 5.75 Å². The zero-order valence-corrected chi connectivity index (χ0v) is 10.6. The van der Waals surface area contributed by atoms with E-state index in [2.05, 4.69) is 9.97 Å². The van der Waals surface area contributed by atoms with E-state index in [0.29, 0.717) is 16.6 Å². The van der Waals surface area contributed by atoms with Crippen LogP contribution in [0.1, 0.15) is 11.3 Å². The number of phenolic OH excluding ortho intramolecular Hbond substituents is 1. The van der Waals surface area contributed by atoms with Gasteiger partial charge in [0.15, 0.2) is 0 Å². The molecule has 0 aliphatic rings. The molecule has 0 unspecified atom stereocenters. The summed E-state index contributed by atoms with van der Waals surface area (Å²) in [4.78, 5) is 18.1. The second-order valence-electron chi connectivity index (χ2n) is 4.37. The smallest absolute Gasteiger partial charge is 0.345 e. The summed E-state index contributed by atoms with van der Waals surface area (Å²) in [7, 11) is 0. The normalized spacial score (nSPS) is 11.2. The summed E-state index contributed by atoms with van der Waals surface area (Å²) < 4.78 is 0. The first kappa shape index (κ1) is 12.2. The fourth-order valence-electron chi connectivity index (χ4n) is 2.08. The molecule has 2 aromatic carbocycles. The zero-order chi connectivity index (χ0) is 13.9. The highest BCUT2D eigenvalue weighted by atomic mass is 16.3. The van der Waals surface area contributed by atoms with Crippen LogP contribution >= 0.6 is 0 Å². The molecule has 0 saturated heterocycles. The van der Waals surface area contributed by atoms with Crippen LogP contribution in [0.3, 0.4) is 0 Å². The van der Waals surface area contributed by atoms with Crippen molar-refractivity contribution in [2.24, 2.45) is 0 Å². The third-order valence-electron chi connectivity index (χ3n) is 3.00. The van der Waals surface area contributed by atoms with Gasteiger partial charge in [0.25, 0.3) is 0 Å². The van der Waals surface area contributed by atoms with Crippen molar-refractivity contribution in [1.82, 2.24) is 9.97 Å². The average molecular weight is 264 g/mol. The molecule has 20 heavy (non-hydrogen) atoms. The van der Waals surface area contributed by atoms with Crippen LogP contribution in [0.5, 0.6) is 5.75 Å². The van der Waals surface area contributed by atoms with Gasteiger partial charge in [-0.05, 0) is 23.8 Å². The second-order valence-corrected chi connectivity index (χ2v) is 4.37. The standard InChI is InChI=1S/C16H12N2O2/c19-14-8-4-7-12-15(14)13(18-16(20)17-12)10-9-11-5-2-1-3-6-11/h1-10,19H,(H,17,18,20). The quantitative estimate of drug-likeness (QED) is 0.748. The Kier molecular flexibility index (Phi) is 3.05. The van der Waals surface area contributed by atoms with Crippen LogP contribution in [0.2, 0.25) is 0 Å². The molecule has 0 atom stereocenters. The molecule has 0 aliphatic carbocycles. The number of phenols is 1. The Morgan fingerprint density at radius 3 is 2.60 bits per heavy atom. The molecule has 2 N–H and O–H groups in total. The summed E-state index contributed by atoms with van der Waals surface area (Å²) in [5.41, 5.74) is 1.58. The van der Waals surface area contributed by atoms with E-state index < -0.39 is 5.69 Å². The molecule has 0 amide bonds. The van der Waals surface area contributed by atoms with Crippen LogP contribution in [-0.4, -0.2) is 15.1 Å². The fraction of sp³-hybridized carbons (Fsp3) is 0. The van der Waals surface area contributed by atoms with Crippen molar-refractivity contribution in [2.75, 3.05) is 0 Å². The first-order chi connectivity index (χ1) is 9.74. The summed E-state index contributed by atoms with van der Waals surface area (Å²) >= 11 is 0. The molecular weight excluding hydrogens is 252 g/mol. The summed E-state index contributed by atoms with van der Waals surface area (Å²) in [5, 5.41) is 10.5. The van der Waals surface area contributed by atoms with Gasteiger partial charge in [0.05, 0.1) is 16.6 Å². The fourth-order valence-corrected chi connectivity index (χ4v) is 2.08. The number of benzene rings is 2. The number of H-pyrrole nitrogens is 1. The predicted molar refractivity (Wildman–Crippen MR) is 79.4 cm³/mol. The molecule has 3 aromatic rings. The third-order valence-corrected chi connectivity index (χ3v) is 3.00. The number of fused-ring (bicyclic) bond motifs is 1. The number of nitrogens with zero attached hydrogens (tertiary/aromatic N) is 1. The SMILES string of the molecule is O=c1nc(C=Cc2ccccc2)c2c(O)cccc2[nH]1. The molecule has 0 spiro atoms. The van der Waals surface area contributed by atoms with Gasteiger partial charge in [-0.15, -0.1) is 0 Å². The van der Waals surface area contributed by atoms with Gasteiger partial charge in [-0.3, -0.25) is 0 Å². The highest BCUT2D eigenvalue weighted by molar-refractivity contribution is 5.93. The lowest BCUT2D eigenvalue weighted by molar-refractivity contribution is 0.481. The van der Waals surface area contributed by atoms with Crippen LogP contribution in [0.4, 0.5) is 0 Å². The van der Waals surface area contributed by atoms with Crippen LogP contribution < -0.4 is 5.69 Å². The van der Waals surface area contributed by atoms with Gasteiger partial charge in [-0.1, -0.05) is 42.5 Å². The minimum absolute atomic E-state index is 0.0963. The number of hydrogen-bond acceptors (Lipinski definition) is 3. The van der Waals surface area contributed by atoms with Crippen molar-refractivity contribution in [1.29, 1.82) is 0 Å². The van der Waals surface area contributed by atoms with E-state index in [1.807, 2.05) is 36.4 Å². The number of aromatic nitrogens is 2. The lowest BCUT2D eigenvalue weighted by atomic mass is 10.1. The molecule has 98 valence electrons. The van der Waals surface area contributed by atoms with Gasteiger partial charge in [-0.25, -0.2) is 4.79 Å². The predicted octanol–water partition coefficient (Wildman–Crippen LogP) is 2.80. The highest BCUT2D eigenvalue weighted by Crippen LogP contribution is 2.25. The van der Waals surface area contributed by atoms with Crippen LogP contribution in [-0.2, 0) is 0 Å². The van der Waals surface area contributed by atoms with Crippen LogP contribution in [0.15, 0.2) is 53.3 Å². The number of aromatic hydroxyl groups is 1. The lowest BCUT2D eigenvalue weighted by Gasteiger charge is -2.03. The molecule has 0 fully saturated rings. The number of hydrogen-bond donors (Lipinski definition) is 2. The first-order valence-electron chi connectivity index (χ1n) is 6.19. The van der Waals surface area contributed by atoms with E-state index in [1.165, 1.54) is 0 Å². The summed E-state index contributed by atoms with van der Waals surface area (Å²) in [6.07, 6.45) is 3.58. The Balaban J connectivity index is 2.16. The van der Waals surface area contributed by atoms with E-state index in [4.69, 9.17) is 0 Å². The molecule has 3 rings (SSSR count). The van der Waals surface area contributed by atoms with Gasteiger partial charge < -0.3 is 10.1 Å². The Morgan fingerprint density at radius 1 is 1.00 bits per heavy atom. The number of nitrogens with one attached hydrogen (secondary N) is 1. The first-order valence-corrected chi connectivity index (χ1v) is 6.19. The van der Waals surface area contributed by atoms with Gasteiger partial charge in [0, 0.05) is 0 Å². The van der Waals surface area contributed by atoms with Crippen molar-refractivity contribution in [3.63, 3.8) is 0 Å². The molecule has 4 heteroatoms. The average Bonchev–Trinajstić information content (AvgIpc) is 2.45. The molecule has 1 heterocycles. The van der Waals surface area contributed by atoms with E-state index in [9.17, 15) is 9.90 Å². The molecule has 0 bridgehead atoms. The molecule has 4 nitrogen and oxygen atoms in total. The minimum atomic E-state index is -0.434. The monoisotopic (exact) mass is 264 g/mol. The Hall–Kier alpha value is -2.88. The van der Waals surface area contributed by atoms with E-state index in [-0.39, 0.29) is 5.75 Å². The topological polar surface area (TPSA) is 66.0 Å². The summed E-state index contributed by atoms with van der Waals surface area (Å²) in [6.45, 7) is 0. The number of aromatic amines is 1. The second kappa shape index (κ2) is 5.01. The van der Waals surface area contributed by atoms with Crippen molar-refractivity contribution < 1.29 is 5.11 Å². The molecule has 0 aliphatic heterocycles. The summed E-state index contributed by atoms with van der Waals surface area (Å²) in [6, 6.07) is 14.7. The van der Waals surface area contributed by atoms with Gasteiger partial charge in [0.2, 0.25) is 0 Å².